The fourth-order valence-corrected chi connectivity index (χ4v) is 6.58. The Kier molecular flexibility index (Phi) is 9.37. The molecule has 2 bridgehead atoms. The van der Waals surface area contributed by atoms with Crippen LogP contribution in [0.15, 0.2) is 18.2 Å². The van der Waals surface area contributed by atoms with E-state index in [1.54, 1.807) is 32.9 Å². The summed E-state index contributed by atoms with van der Waals surface area (Å²) in [6.45, 7) is 10.8. The van der Waals surface area contributed by atoms with Gasteiger partial charge < -0.3 is 38.9 Å². The van der Waals surface area contributed by atoms with E-state index < -0.39 is 54.8 Å². The Morgan fingerprint density at radius 3 is 2.44 bits per heavy atom. The molecule has 12 nitrogen and oxygen atoms in total. The molecule has 3 saturated carbocycles. The van der Waals surface area contributed by atoms with Crippen LogP contribution in [-0.4, -0.2) is 76.3 Å². The van der Waals surface area contributed by atoms with Crippen molar-refractivity contribution in [2.45, 2.75) is 78.5 Å². The first kappa shape index (κ1) is 32.6. The van der Waals surface area contributed by atoms with Gasteiger partial charge in [-0.15, -0.1) is 0 Å². The number of rotatable bonds is 10. The van der Waals surface area contributed by atoms with Crippen molar-refractivity contribution >= 4 is 31.1 Å². The number of ether oxygens (including phenoxy) is 4. The number of benzene rings is 1. The van der Waals surface area contributed by atoms with Gasteiger partial charge in [0.05, 0.1) is 43.8 Å². The molecule has 13 heteroatoms. The van der Waals surface area contributed by atoms with E-state index in [-0.39, 0.29) is 35.8 Å². The molecule has 4 fully saturated rings. The van der Waals surface area contributed by atoms with Crippen molar-refractivity contribution in [3.8, 4) is 5.75 Å². The summed E-state index contributed by atoms with van der Waals surface area (Å²) in [6, 6.07) is 4.98. The van der Waals surface area contributed by atoms with Gasteiger partial charge in [-0.25, -0.2) is 9.59 Å². The minimum Gasteiger partial charge on any atom is -0.496 e. The van der Waals surface area contributed by atoms with Gasteiger partial charge in [-0.1, -0.05) is 26.0 Å². The maximum atomic E-state index is 13.0. The van der Waals surface area contributed by atoms with Crippen LogP contribution in [0.25, 0.3) is 0 Å². The fraction of sp³-hybridized carbons (Fsp3) is 0.667. The molecule has 2 amide bonds. The highest BCUT2D eigenvalue weighted by Gasteiger charge is 2.68. The average molecular weight is 602 g/mol. The Morgan fingerprint density at radius 1 is 1.09 bits per heavy atom. The lowest BCUT2D eigenvalue weighted by Gasteiger charge is -2.64. The van der Waals surface area contributed by atoms with E-state index in [0.29, 0.717) is 17.4 Å². The molecule has 4 aliphatic rings. The first-order valence-electron chi connectivity index (χ1n) is 14.6. The number of amides is 2. The third kappa shape index (κ3) is 6.62. The molecule has 1 saturated heterocycles. The third-order valence-electron chi connectivity index (χ3n) is 9.18. The van der Waals surface area contributed by atoms with Crippen molar-refractivity contribution in [2.75, 3.05) is 27.6 Å². The van der Waals surface area contributed by atoms with Crippen LogP contribution in [0, 0.1) is 22.7 Å². The normalized spacial score (nSPS) is 25.9. The quantitative estimate of drug-likeness (QED) is 0.233. The zero-order valence-electron chi connectivity index (χ0n) is 26.2. The SMILES string of the molecule is COC(=O)NCC(=O)NC(Cc1cccc(C(=O)OCOC(=O)C(C)(C)C)c1OC)B1OC2CC3CC(C3(C)C)C2(C)O1. The monoisotopic (exact) mass is 602 g/mol. The maximum Gasteiger partial charge on any atom is 0.482 e. The second-order valence-electron chi connectivity index (χ2n) is 13.3. The Hall–Kier alpha value is -3.32. The number of hydrogen-bond donors (Lipinski definition) is 2. The Balaban J connectivity index is 1.54. The van der Waals surface area contributed by atoms with Gasteiger partial charge in [0, 0.05) is 0 Å². The van der Waals surface area contributed by atoms with Crippen LogP contribution in [-0.2, 0) is 39.5 Å². The topological polar surface area (TPSA) is 148 Å². The zero-order valence-corrected chi connectivity index (χ0v) is 26.2. The summed E-state index contributed by atoms with van der Waals surface area (Å²) in [5.41, 5.74) is -0.417. The molecule has 1 aromatic carbocycles. The van der Waals surface area contributed by atoms with E-state index in [1.165, 1.54) is 20.3 Å². The highest BCUT2D eigenvalue weighted by Crippen LogP contribution is 2.65. The molecule has 43 heavy (non-hydrogen) atoms. The second-order valence-corrected chi connectivity index (χ2v) is 13.3. The summed E-state index contributed by atoms with van der Waals surface area (Å²) < 4.78 is 33.6. The standard InChI is InChI=1S/C30H43BN2O10/c1-28(2,3)26(36)41-16-40-25(35)19-11-9-10-17(24(19)38-7)12-22(33-23(34)15-32-27(37)39-8)31-42-21-14-18-13-20(29(18,4)5)30(21,6)43-31/h9-11,18,20-22H,12-16H2,1-8H3,(H,32,37)(H,33,34). The van der Waals surface area contributed by atoms with E-state index in [9.17, 15) is 19.2 Å². The first-order chi connectivity index (χ1) is 20.1. The highest BCUT2D eigenvalue weighted by molar-refractivity contribution is 6.48. The first-order valence-corrected chi connectivity index (χ1v) is 14.6. The zero-order chi connectivity index (χ0) is 31.7. The molecule has 1 aromatic rings. The van der Waals surface area contributed by atoms with Crippen LogP contribution in [0.2, 0.25) is 0 Å². The smallest absolute Gasteiger partial charge is 0.482 e. The number of carbonyl (C=O) groups excluding carboxylic acids is 4. The summed E-state index contributed by atoms with van der Waals surface area (Å²) >= 11 is 0. The van der Waals surface area contributed by atoms with Crippen LogP contribution >= 0.6 is 0 Å². The van der Waals surface area contributed by atoms with Gasteiger partial charge >= 0.3 is 25.2 Å². The van der Waals surface area contributed by atoms with Gasteiger partial charge in [0.15, 0.2) is 0 Å². The van der Waals surface area contributed by atoms with Crippen LogP contribution in [0.3, 0.4) is 0 Å². The Bertz CT molecular complexity index is 1250. The Labute approximate surface area is 252 Å². The molecule has 2 N–H and O–H groups in total. The number of carbonyl (C=O) groups is 4. The minimum absolute atomic E-state index is 0.124. The lowest BCUT2D eigenvalue weighted by molar-refractivity contribution is -0.199. The number of methoxy groups -OCH3 is 2. The molecule has 5 unspecified atom stereocenters. The lowest BCUT2D eigenvalue weighted by atomic mass is 9.43. The van der Waals surface area contributed by atoms with Gasteiger partial charge in [0.1, 0.15) is 11.3 Å². The summed E-state index contributed by atoms with van der Waals surface area (Å²) in [4.78, 5) is 49.5. The molecule has 0 spiro atoms. The van der Waals surface area contributed by atoms with Gasteiger partial charge in [-0.05, 0) is 75.8 Å². The molecule has 0 radical (unpaired) electrons. The third-order valence-corrected chi connectivity index (χ3v) is 9.18. The molecule has 1 aliphatic heterocycles. The van der Waals surface area contributed by atoms with Crippen LogP contribution in [0.1, 0.15) is 70.3 Å². The van der Waals surface area contributed by atoms with E-state index >= 15 is 0 Å². The molecule has 0 aromatic heterocycles. The second kappa shape index (κ2) is 12.4. The summed E-state index contributed by atoms with van der Waals surface area (Å²) in [7, 11) is 1.85. The van der Waals surface area contributed by atoms with Crippen molar-refractivity contribution < 1.29 is 47.4 Å². The molecule has 5 atom stereocenters. The highest BCUT2D eigenvalue weighted by atomic mass is 16.7. The molecule has 3 aliphatic carbocycles. The Morgan fingerprint density at radius 2 is 1.81 bits per heavy atom. The van der Waals surface area contributed by atoms with Crippen molar-refractivity contribution in [3.05, 3.63) is 29.3 Å². The molecular weight excluding hydrogens is 559 g/mol. The molecular formula is C30H43BN2O10. The lowest BCUT2D eigenvalue weighted by Crippen LogP contribution is -2.65. The number of hydrogen-bond acceptors (Lipinski definition) is 10. The minimum atomic E-state index is -0.788. The number of nitrogens with one attached hydrogen (secondary N) is 2. The van der Waals surface area contributed by atoms with Crippen LogP contribution in [0.4, 0.5) is 4.79 Å². The van der Waals surface area contributed by atoms with Crippen LogP contribution in [0.5, 0.6) is 5.75 Å². The molecule has 236 valence electrons. The van der Waals surface area contributed by atoms with Gasteiger partial charge in [0.25, 0.3) is 0 Å². The van der Waals surface area contributed by atoms with Gasteiger partial charge in [-0.3, -0.25) is 9.59 Å². The average Bonchev–Trinajstić information content (AvgIpc) is 3.31. The van der Waals surface area contributed by atoms with Crippen molar-refractivity contribution in [1.82, 2.24) is 10.6 Å². The summed E-state index contributed by atoms with van der Waals surface area (Å²) in [6.07, 6.45) is 1.26. The maximum absolute atomic E-state index is 13.0. The van der Waals surface area contributed by atoms with Gasteiger partial charge in [0.2, 0.25) is 12.7 Å². The van der Waals surface area contributed by atoms with Crippen molar-refractivity contribution in [1.29, 1.82) is 0 Å². The van der Waals surface area contributed by atoms with Crippen molar-refractivity contribution in [3.63, 3.8) is 0 Å². The van der Waals surface area contributed by atoms with Crippen LogP contribution < -0.4 is 15.4 Å². The molecule has 5 rings (SSSR count). The van der Waals surface area contributed by atoms with E-state index in [2.05, 4.69) is 36.1 Å². The van der Waals surface area contributed by atoms with E-state index in [4.69, 9.17) is 23.5 Å². The predicted octanol–water partition coefficient (Wildman–Crippen LogP) is 3.05. The fourth-order valence-electron chi connectivity index (χ4n) is 6.58. The summed E-state index contributed by atoms with van der Waals surface area (Å²) in [5, 5.41) is 5.32. The molecule has 1 heterocycles. The number of alkyl carbamates (subject to hydrolysis) is 1. The van der Waals surface area contributed by atoms with Crippen molar-refractivity contribution in [2.24, 2.45) is 22.7 Å². The van der Waals surface area contributed by atoms with E-state index in [1.807, 2.05) is 0 Å². The van der Waals surface area contributed by atoms with Gasteiger partial charge in [-0.2, -0.15) is 0 Å². The van der Waals surface area contributed by atoms with E-state index in [0.717, 1.165) is 12.8 Å². The number of esters is 2. The summed E-state index contributed by atoms with van der Waals surface area (Å²) in [5.74, 6) is -1.31. The number of para-hydroxylation sites is 1. The predicted molar refractivity (Wildman–Crippen MR) is 155 cm³/mol. The largest absolute Gasteiger partial charge is 0.496 e.